The summed E-state index contributed by atoms with van der Waals surface area (Å²) < 4.78 is 0. The maximum absolute atomic E-state index is 5.94. The van der Waals surface area contributed by atoms with Crippen molar-refractivity contribution in [1.29, 1.82) is 0 Å². The van der Waals surface area contributed by atoms with Gasteiger partial charge < -0.3 is 5.32 Å². The molecule has 0 saturated carbocycles. The van der Waals surface area contributed by atoms with Crippen molar-refractivity contribution < 1.29 is 0 Å². The molecule has 0 spiro atoms. The van der Waals surface area contributed by atoms with Crippen LogP contribution in [0.3, 0.4) is 0 Å². The van der Waals surface area contributed by atoms with Gasteiger partial charge in [-0.15, -0.1) is 0 Å². The van der Waals surface area contributed by atoms with E-state index in [1.54, 1.807) is 0 Å². The second-order valence-electron chi connectivity index (χ2n) is 4.70. The zero-order chi connectivity index (χ0) is 11.4. The molecular weight excluding hydrogens is 218 g/mol. The van der Waals surface area contributed by atoms with Crippen LogP contribution in [0.4, 0.5) is 0 Å². The topological polar surface area (TPSA) is 12.0 Å². The van der Waals surface area contributed by atoms with Crippen LogP contribution in [0.25, 0.3) is 0 Å². The van der Waals surface area contributed by atoms with Crippen molar-refractivity contribution in [3.05, 3.63) is 34.9 Å². The Hall–Kier alpha value is -0.530. The van der Waals surface area contributed by atoms with E-state index in [0.717, 1.165) is 23.4 Å². The van der Waals surface area contributed by atoms with Crippen molar-refractivity contribution in [1.82, 2.24) is 5.32 Å². The Morgan fingerprint density at radius 1 is 1.31 bits per heavy atom. The fraction of sp³-hybridized carbons (Fsp3) is 0.571. The molecule has 1 saturated heterocycles. The summed E-state index contributed by atoms with van der Waals surface area (Å²) >= 11 is 5.94. The Balaban J connectivity index is 2.13. The highest BCUT2D eigenvalue weighted by atomic mass is 35.5. The van der Waals surface area contributed by atoms with Crippen molar-refractivity contribution in [2.24, 2.45) is 5.92 Å². The summed E-state index contributed by atoms with van der Waals surface area (Å²) in [7, 11) is 0. The van der Waals surface area contributed by atoms with Gasteiger partial charge in [0.05, 0.1) is 0 Å². The number of hydrogen-bond donors (Lipinski definition) is 1. The fourth-order valence-corrected chi connectivity index (χ4v) is 2.87. The van der Waals surface area contributed by atoms with E-state index in [2.05, 4.69) is 24.4 Å². The summed E-state index contributed by atoms with van der Waals surface area (Å²) in [5, 5.41) is 4.34. The van der Waals surface area contributed by atoms with Crippen LogP contribution in [0.1, 0.15) is 37.7 Å². The normalized spacial score (nSPS) is 25.6. The molecule has 88 valence electrons. The van der Waals surface area contributed by atoms with Crippen LogP contribution >= 0.6 is 11.6 Å². The van der Waals surface area contributed by atoms with Gasteiger partial charge in [-0.2, -0.15) is 0 Å². The number of piperidine rings is 1. The van der Waals surface area contributed by atoms with Gasteiger partial charge in [0.15, 0.2) is 0 Å². The second kappa shape index (κ2) is 5.70. The van der Waals surface area contributed by atoms with E-state index in [1.807, 2.05) is 12.1 Å². The molecule has 2 unspecified atom stereocenters. The standard InChI is InChI=1S/C14H20ClN/c1-2-3-12-10-16-9-8-14(12)11-4-6-13(15)7-5-11/h4-7,12,14,16H,2-3,8-10H2,1H3. The third-order valence-electron chi connectivity index (χ3n) is 3.57. The molecule has 1 aromatic rings. The van der Waals surface area contributed by atoms with Gasteiger partial charge in [-0.25, -0.2) is 0 Å². The first kappa shape index (κ1) is 11.9. The Kier molecular flexibility index (Phi) is 4.25. The van der Waals surface area contributed by atoms with E-state index >= 15 is 0 Å². The molecule has 0 aromatic heterocycles. The van der Waals surface area contributed by atoms with E-state index in [4.69, 9.17) is 11.6 Å². The summed E-state index contributed by atoms with van der Waals surface area (Å²) in [6.07, 6.45) is 3.85. The molecule has 1 aromatic carbocycles. The molecule has 1 N–H and O–H groups in total. The molecule has 2 heteroatoms. The molecule has 0 bridgehead atoms. The van der Waals surface area contributed by atoms with Crippen molar-refractivity contribution >= 4 is 11.6 Å². The summed E-state index contributed by atoms with van der Waals surface area (Å²) in [5.74, 6) is 1.51. The molecule has 1 fully saturated rings. The average Bonchev–Trinajstić information content (AvgIpc) is 2.32. The summed E-state index contributed by atoms with van der Waals surface area (Å²) in [6.45, 7) is 4.59. The first-order valence-corrected chi connectivity index (χ1v) is 6.65. The number of hydrogen-bond acceptors (Lipinski definition) is 1. The van der Waals surface area contributed by atoms with Crippen LogP contribution in [0, 0.1) is 5.92 Å². The highest BCUT2D eigenvalue weighted by molar-refractivity contribution is 6.30. The molecular formula is C14H20ClN. The van der Waals surface area contributed by atoms with Crippen molar-refractivity contribution in [2.45, 2.75) is 32.1 Å². The average molecular weight is 238 g/mol. The maximum Gasteiger partial charge on any atom is 0.0406 e. The minimum Gasteiger partial charge on any atom is -0.316 e. The number of rotatable bonds is 3. The van der Waals surface area contributed by atoms with Crippen molar-refractivity contribution in [2.75, 3.05) is 13.1 Å². The van der Waals surface area contributed by atoms with Gasteiger partial charge in [0.1, 0.15) is 0 Å². The van der Waals surface area contributed by atoms with Gasteiger partial charge in [-0.05, 0) is 55.5 Å². The molecule has 0 aliphatic carbocycles. The molecule has 2 rings (SSSR count). The SMILES string of the molecule is CCCC1CNCCC1c1ccc(Cl)cc1. The van der Waals surface area contributed by atoms with Gasteiger partial charge in [-0.1, -0.05) is 37.1 Å². The minimum absolute atomic E-state index is 0.721. The highest BCUT2D eigenvalue weighted by Crippen LogP contribution is 2.33. The van der Waals surface area contributed by atoms with E-state index in [1.165, 1.54) is 31.4 Å². The van der Waals surface area contributed by atoms with Crippen LogP contribution < -0.4 is 5.32 Å². The zero-order valence-electron chi connectivity index (χ0n) is 9.88. The molecule has 1 nitrogen and oxygen atoms in total. The Bertz CT molecular complexity index is 318. The predicted octanol–water partition coefficient (Wildman–Crippen LogP) is 3.83. The van der Waals surface area contributed by atoms with Crippen LogP contribution in [0.15, 0.2) is 24.3 Å². The van der Waals surface area contributed by atoms with E-state index in [-0.39, 0.29) is 0 Å². The first-order valence-electron chi connectivity index (χ1n) is 6.27. The fourth-order valence-electron chi connectivity index (χ4n) is 2.75. The summed E-state index contributed by atoms with van der Waals surface area (Å²) in [5.41, 5.74) is 1.46. The summed E-state index contributed by atoms with van der Waals surface area (Å²) in [6, 6.07) is 8.42. The van der Waals surface area contributed by atoms with Gasteiger partial charge >= 0.3 is 0 Å². The van der Waals surface area contributed by atoms with Crippen LogP contribution in [0.5, 0.6) is 0 Å². The minimum atomic E-state index is 0.721. The van der Waals surface area contributed by atoms with Gasteiger partial charge in [0.25, 0.3) is 0 Å². The van der Waals surface area contributed by atoms with E-state index < -0.39 is 0 Å². The van der Waals surface area contributed by atoms with Crippen molar-refractivity contribution in [3.8, 4) is 0 Å². The Labute approximate surface area is 103 Å². The largest absolute Gasteiger partial charge is 0.316 e. The first-order chi connectivity index (χ1) is 7.81. The number of halogens is 1. The second-order valence-corrected chi connectivity index (χ2v) is 5.14. The van der Waals surface area contributed by atoms with Crippen LogP contribution in [0.2, 0.25) is 5.02 Å². The lowest BCUT2D eigenvalue weighted by molar-refractivity contribution is 0.307. The number of nitrogens with one attached hydrogen (secondary N) is 1. The molecule has 2 atom stereocenters. The third-order valence-corrected chi connectivity index (χ3v) is 3.82. The van der Waals surface area contributed by atoms with Crippen LogP contribution in [-0.4, -0.2) is 13.1 Å². The van der Waals surface area contributed by atoms with Crippen molar-refractivity contribution in [3.63, 3.8) is 0 Å². The third kappa shape index (κ3) is 2.78. The lowest BCUT2D eigenvalue weighted by Crippen LogP contribution is -2.35. The smallest absolute Gasteiger partial charge is 0.0406 e. The number of benzene rings is 1. The van der Waals surface area contributed by atoms with Crippen LogP contribution in [-0.2, 0) is 0 Å². The summed E-state index contributed by atoms with van der Waals surface area (Å²) in [4.78, 5) is 0. The highest BCUT2D eigenvalue weighted by Gasteiger charge is 2.25. The molecule has 1 heterocycles. The molecule has 1 aliphatic heterocycles. The quantitative estimate of drug-likeness (QED) is 0.843. The van der Waals surface area contributed by atoms with Gasteiger partial charge in [0, 0.05) is 5.02 Å². The maximum atomic E-state index is 5.94. The van der Waals surface area contributed by atoms with Gasteiger partial charge in [0.2, 0.25) is 0 Å². The molecule has 0 radical (unpaired) electrons. The van der Waals surface area contributed by atoms with E-state index in [0.29, 0.717) is 0 Å². The zero-order valence-corrected chi connectivity index (χ0v) is 10.6. The Morgan fingerprint density at radius 3 is 2.75 bits per heavy atom. The molecule has 1 aliphatic rings. The lowest BCUT2D eigenvalue weighted by Gasteiger charge is -2.32. The molecule has 0 amide bonds. The van der Waals surface area contributed by atoms with Gasteiger partial charge in [-0.3, -0.25) is 0 Å². The van der Waals surface area contributed by atoms with E-state index in [9.17, 15) is 0 Å². The monoisotopic (exact) mass is 237 g/mol. The lowest BCUT2D eigenvalue weighted by atomic mass is 9.79. The predicted molar refractivity (Wildman–Crippen MR) is 70.1 cm³/mol. The Morgan fingerprint density at radius 2 is 2.06 bits per heavy atom. The molecule has 16 heavy (non-hydrogen) atoms.